The molecule has 2 aromatic carbocycles. The van der Waals surface area contributed by atoms with E-state index in [9.17, 15) is 4.79 Å². The van der Waals surface area contributed by atoms with Crippen LogP contribution in [0.25, 0.3) is 0 Å². The van der Waals surface area contributed by atoms with Crippen molar-refractivity contribution in [2.45, 2.75) is 19.8 Å². The number of hydrogen-bond donors (Lipinski definition) is 0. The molecule has 0 saturated heterocycles. The van der Waals surface area contributed by atoms with Crippen LogP contribution in [0.2, 0.25) is 0 Å². The molecule has 0 unspecified atom stereocenters. The molecule has 0 bridgehead atoms. The number of Topliss-reactive ketones (excluding diaryl/α,β-unsaturated/α-hetero) is 1. The minimum absolute atomic E-state index is 0.0154. The maximum atomic E-state index is 12.7. The molecular weight excluding hydrogens is 260 g/mol. The summed E-state index contributed by atoms with van der Waals surface area (Å²) in [7, 11) is 1.66. The van der Waals surface area contributed by atoms with Gasteiger partial charge in [-0.3, -0.25) is 4.79 Å². The smallest absolute Gasteiger partial charge is 0.167 e. The predicted octanol–water partition coefficient (Wildman–Crippen LogP) is 4.32. The van der Waals surface area contributed by atoms with E-state index in [1.807, 2.05) is 42.5 Å². The third-order valence-corrected chi connectivity index (χ3v) is 4.64. The molecule has 21 heavy (non-hydrogen) atoms. The summed E-state index contributed by atoms with van der Waals surface area (Å²) in [5.74, 6) is 1.45. The molecule has 0 heterocycles. The number of methoxy groups -OCH3 is 1. The molecule has 3 rings (SSSR count). The van der Waals surface area contributed by atoms with E-state index in [1.165, 1.54) is 5.56 Å². The fourth-order valence-electron chi connectivity index (χ4n) is 3.34. The minimum atomic E-state index is 0.0154. The van der Waals surface area contributed by atoms with Crippen molar-refractivity contribution in [3.63, 3.8) is 0 Å². The van der Waals surface area contributed by atoms with Crippen LogP contribution in [0.15, 0.2) is 54.6 Å². The third-order valence-electron chi connectivity index (χ3n) is 4.64. The highest BCUT2D eigenvalue weighted by Crippen LogP contribution is 2.65. The van der Waals surface area contributed by atoms with Gasteiger partial charge in [0.1, 0.15) is 5.75 Å². The van der Waals surface area contributed by atoms with Crippen molar-refractivity contribution < 1.29 is 9.53 Å². The van der Waals surface area contributed by atoms with Gasteiger partial charge in [-0.1, -0.05) is 56.3 Å². The first kappa shape index (κ1) is 13.9. The first-order valence-corrected chi connectivity index (χ1v) is 7.29. The lowest BCUT2D eigenvalue weighted by molar-refractivity contribution is 0.0952. The molecule has 1 saturated carbocycles. The van der Waals surface area contributed by atoms with Crippen LogP contribution >= 0.6 is 0 Å². The zero-order valence-corrected chi connectivity index (χ0v) is 12.7. The number of carbonyl (C=O) groups excluding carboxylic acids is 1. The van der Waals surface area contributed by atoms with Gasteiger partial charge in [0.25, 0.3) is 0 Å². The predicted molar refractivity (Wildman–Crippen MR) is 83.8 cm³/mol. The van der Waals surface area contributed by atoms with E-state index in [4.69, 9.17) is 4.74 Å². The van der Waals surface area contributed by atoms with E-state index in [0.717, 1.165) is 11.3 Å². The summed E-state index contributed by atoms with van der Waals surface area (Å²) in [6.07, 6.45) is 0. The Balaban J connectivity index is 1.86. The lowest BCUT2D eigenvalue weighted by Gasteiger charge is -2.04. The van der Waals surface area contributed by atoms with E-state index in [2.05, 4.69) is 26.0 Å². The Morgan fingerprint density at radius 3 is 2.19 bits per heavy atom. The van der Waals surface area contributed by atoms with Crippen molar-refractivity contribution in [1.29, 1.82) is 0 Å². The maximum absolute atomic E-state index is 12.7. The molecule has 2 aromatic rings. The molecule has 0 amide bonds. The van der Waals surface area contributed by atoms with Crippen LogP contribution in [0, 0.1) is 11.3 Å². The largest absolute Gasteiger partial charge is 0.497 e. The molecule has 0 spiro atoms. The Morgan fingerprint density at radius 2 is 1.62 bits per heavy atom. The summed E-state index contributed by atoms with van der Waals surface area (Å²) in [5, 5.41) is 0. The second kappa shape index (κ2) is 5.03. The molecule has 1 aliphatic rings. The van der Waals surface area contributed by atoms with Crippen LogP contribution in [0.5, 0.6) is 5.75 Å². The third kappa shape index (κ3) is 2.35. The molecule has 0 aliphatic heterocycles. The van der Waals surface area contributed by atoms with E-state index in [1.54, 1.807) is 7.11 Å². The molecule has 2 nitrogen and oxygen atoms in total. The van der Waals surface area contributed by atoms with E-state index in [0.29, 0.717) is 0 Å². The summed E-state index contributed by atoms with van der Waals surface area (Å²) in [4.78, 5) is 12.7. The van der Waals surface area contributed by atoms with Gasteiger partial charge in [-0.25, -0.2) is 0 Å². The zero-order valence-electron chi connectivity index (χ0n) is 12.7. The highest BCUT2D eigenvalue weighted by molar-refractivity contribution is 6.01. The molecule has 1 fully saturated rings. The van der Waals surface area contributed by atoms with Crippen LogP contribution < -0.4 is 4.74 Å². The fourth-order valence-corrected chi connectivity index (χ4v) is 3.34. The zero-order chi connectivity index (χ0) is 15.0. The molecular formula is C19H20O2. The van der Waals surface area contributed by atoms with Gasteiger partial charge >= 0.3 is 0 Å². The first-order chi connectivity index (χ1) is 10.1. The van der Waals surface area contributed by atoms with Crippen molar-refractivity contribution in [1.82, 2.24) is 0 Å². The first-order valence-electron chi connectivity index (χ1n) is 7.29. The van der Waals surface area contributed by atoms with Crippen molar-refractivity contribution in [2.75, 3.05) is 7.11 Å². The minimum Gasteiger partial charge on any atom is -0.497 e. The lowest BCUT2D eigenvalue weighted by Crippen LogP contribution is -2.06. The van der Waals surface area contributed by atoms with E-state index in [-0.39, 0.29) is 23.0 Å². The second-order valence-electron chi connectivity index (χ2n) is 6.28. The number of ketones is 1. The monoisotopic (exact) mass is 280 g/mol. The number of carbonyl (C=O) groups is 1. The molecule has 108 valence electrons. The normalized spacial score (nSPS) is 22.6. The average molecular weight is 280 g/mol. The van der Waals surface area contributed by atoms with Crippen molar-refractivity contribution in [3.8, 4) is 5.75 Å². The molecule has 2 heteroatoms. The summed E-state index contributed by atoms with van der Waals surface area (Å²) in [5.41, 5.74) is 2.04. The number of hydrogen-bond acceptors (Lipinski definition) is 2. The maximum Gasteiger partial charge on any atom is 0.167 e. The fraction of sp³-hybridized carbons (Fsp3) is 0.316. The van der Waals surface area contributed by atoms with Gasteiger partial charge < -0.3 is 4.74 Å². The van der Waals surface area contributed by atoms with Gasteiger partial charge in [-0.05, 0) is 23.1 Å². The highest BCUT2D eigenvalue weighted by atomic mass is 16.5. The molecule has 1 aliphatic carbocycles. The van der Waals surface area contributed by atoms with Crippen LogP contribution in [-0.2, 0) is 0 Å². The summed E-state index contributed by atoms with van der Waals surface area (Å²) in [6.45, 7) is 4.35. The van der Waals surface area contributed by atoms with E-state index < -0.39 is 0 Å². The van der Waals surface area contributed by atoms with Crippen LogP contribution in [0.4, 0.5) is 0 Å². The summed E-state index contributed by atoms with van der Waals surface area (Å²) < 4.78 is 5.20. The quantitative estimate of drug-likeness (QED) is 0.780. The second-order valence-corrected chi connectivity index (χ2v) is 6.28. The van der Waals surface area contributed by atoms with Gasteiger partial charge in [0, 0.05) is 17.4 Å². The molecule has 0 radical (unpaired) electrons. The molecule has 0 aromatic heterocycles. The molecule has 2 atom stereocenters. The molecule has 0 N–H and O–H groups in total. The van der Waals surface area contributed by atoms with Gasteiger partial charge in [0.15, 0.2) is 5.78 Å². The van der Waals surface area contributed by atoms with E-state index >= 15 is 0 Å². The summed E-state index contributed by atoms with van der Waals surface area (Å²) in [6, 6.07) is 17.7. The Morgan fingerprint density at radius 1 is 1.00 bits per heavy atom. The van der Waals surface area contributed by atoms with Gasteiger partial charge in [-0.2, -0.15) is 0 Å². The van der Waals surface area contributed by atoms with Crippen molar-refractivity contribution >= 4 is 5.78 Å². The number of benzene rings is 2. The summed E-state index contributed by atoms with van der Waals surface area (Å²) >= 11 is 0. The number of rotatable bonds is 4. The Labute approximate surface area is 125 Å². The Hall–Kier alpha value is -2.09. The Kier molecular flexibility index (Phi) is 3.32. The topological polar surface area (TPSA) is 26.3 Å². The van der Waals surface area contributed by atoms with Gasteiger partial charge in [0.2, 0.25) is 0 Å². The average Bonchev–Trinajstić information content (AvgIpc) is 3.10. The van der Waals surface area contributed by atoms with Gasteiger partial charge in [0.05, 0.1) is 7.11 Å². The Bertz CT molecular complexity index is 641. The SMILES string of the molecule is COc1ccc([C@H]2[C@H](C(=O)c3ccccc3)C2(C)C)cc1. The van der Waals surface area contributed by atoms with Gasteiger partial charge in [-0.15, -0.1) is 0 Å². The van der Waals surface area contributed by atoms with Crippen LogP contribution in [0.3, 0.4) is 0 Å². The number of ether oxygens (including phenoxy) is 1. The standard InChI is InChI=1S/C19H20O2/c1-19(2)16(13-9-11-15(21-3)12-10-13)17(19)18(20)14-7-5-4-6-8-14/h4-12,16-17H,1-3H3/t16-,17+/m0/s1. The lowest BCUT2D eigenvalue weighted by atomic mass is 10.0. The van der Waals surface area contributed by atoms with Crippen molar-refractivity contribution in [3.05, 3.63) is 65.7 Å². The highest BCUT2D eigenvalue weighted by Gasteiger charge is 2.61. The van der Waals surface area contributed by atoms with Crippen LogP contribution in [-0.4, -0.2) is 12.9 Å². The van der Waals surface area contributed by atoms with Crippen molar-refractivity contribution in [2.24, 2.45) is 11.3 Å². The van der Waals surface area contributed by atoms with Crippen LogP contribution in [0.1, 0.15) is 35.7 Å².